The minimum absolute atomic E-state index is 0.144. The number of hydrogen-bond acceptors (Lipinski definition) is 3. The molecule has 0 heterocycles. The Morgan fingerprint density at radius 3 is 1.48 bits per heavy atom. The van der Waals surface area contributed by atoms with Crippen molar-refractivity contribution in [2.24, 2.45) is 0 Å². The highest BCUT2D eigenvalue weighted by Crippen LogP contribution is 2.47. The third kappa shape index (κ3) is 17.2. The van der Waals surface area contributed by atoms with Crippen LogP contribution in [0.5, 0.6) is 0 Å². The largest absolute Gasteiger partial charge is 0.472 e. The van der Waals surface area contributed by atoms with Crippen molar-refractivity contribution < 1.29 is 23.0 Å². The van der Waals surface area contributed by atoms with Crippen LogP contribution in [-0.2, 0) is 13.6 Å². The van der Waals surface area contributed by atoms with E-state index in [0.29, 0.717) is 12.6 Å². The zero-order valence-electron chi connectivity index (χ0n) is 22.6. The molecule has 0 bridgehead atoms. The molecule has 1 aliphatic rings. The molecule has 5 nitrogen and oxygen atoms in total. The summed E-state index contributed by atoms with van der Waals surface area (Å²) in [7, 11) is 2.72. The first-order chi connectivity index (χ1) is 15.7. The maximum absolute atomic E-state index is 12.2. The van der Waals surface area contributed by atoms with Crippen LogP contribution in [-0.4, -0.2) is 49.3 Å². The molecule has 1 saturated carbocycles. The molecule has 0 spiro atoms. The zero-order chi connectivity index (χ0) is 24.4. The van der Waals surface area contributed by atoms with Crippen molar-refractivity contribution in [3.8, 4) is 0 Å². The number of hydrogen-bond donors (Lipinski definition) is 1. The Balaban J connectivity index is 1.88. The van der Waals surface area contributed by atoms with Gasteiger partial charge in [0.1, 0.15) is 0 Å². The first-order valence-corrected chi connectivity index (χ1v) is 15.7. The van der Waals surface area contributed by atoms with Crippen molar-refractivity contribution >= 4 is 7.82 Å². The predicted octanol–water partition coefficient (Wildman–Crippen LogP) is 8.40. The molecule has 0 aliphatic heterocycles. The first-order valence-electron chi connectivity index (χ1n) is 14.2. The average Bonchev–Trinajstić information content (AvgIpc) is 2.75. The molecule has 1 rings (SSSR count). The molecule has 198 valence electrons. The summed E-state index contributed by atoms with van der Waals surface area (Å²) >= 11 is 0. The van der Waals surface area contributed by atoms with Crippen molar-refractivity contribution in [3.63, 3.8) is 0 Å². The molecule has 0 aromatic heterocycles. The molecule has 33 heavy (non-hydrogen) atoms. The second-order valence-electron chi connectivity index (χ2n) is 11.3. The summed E-state index contributed by atoms with van der Waals surface area (Å²) in [6.45, 7) is 2.60. The highest BCUT2D eigenvalue weighted by molar-refractivity contribution is 7.47. The third-order valence-electron chi connectivity index (χ3n) is 7.27. The van der Waals surface area contributed by atoms with E-state index in [-0.39, 0.29) is 6.10 Å². The molecule has 0 amide bonds. The Morgan fingerprint density at radius 2 is 1.09 bits per heavy atom. The van der Waals surface area contributed by atoms with E-state index < -0.39 is 7.82 Å². The molecule has 1 fully saturated rings. The number of phosphoric ester groups is 1. The fourth-order valence-electron chi connectivity index (χ4n) is 4.97. The van der Waals surface area contributed by atoms with Crippen molar-refractivity contribution in [3.05, 3.63) is 0 Å². The normalized spacial score (nSPS) is 21.2. The average molecular weight is 491 g/mol. The third-order valence-corrected chi connectivity index (χ3v) is 8.35. The minimum atomic E-state index is -3.92. The van der Waals surface area contributed by atoms with Gasteiger partial charge in [-0.2, -0.15) is 0 Å². The van der Waals surface area contributed by atoms with Crippen LogP contribution in [0.25, 0.3) is 0 Å². The van der Waals surface area contributed by atoms with Crippen LogP contribution in [0.3, 0.4) is 0 Å². The molecule has 1 N–H and O–H groups in total. The van der Waals surface area contributed by atoms with E-state index in [2.05, 4.69) is 28.1 Å². The van der Waals surface area contributed by atoms with Crippen molar-refractivity contribution in [2.45, 2.75) is 147 Å². The lowest BCUT2D eigenvalue weighted by molar-refractivity contribution is -0.897. The van der Waals surface area contributed by atoms with Gasteiger partial charge in [0.25, 0.3) is 0 Å². The topological polar surface area (TPSA) is 55.8 Å². The zero-order valence-corrected chi connectivity index (χ0v) is 23.5. The van der Waals surface area contributed by atoms with E-state index in [1.165, 1.54) is 89.9 Å². The lowest BCUT2D eigenvalue weighted by Gasteiger charge is -2.38. The number of quaternary nitrogens is 1. The highest BCUT2D eigenvalue weighted by Gasteiger charge is 2.34. The van der Waals surface area contributed by atoms with Gasteiger partial charge in [-0.1, -0.05) is 103 Å². The van der Waals surface area contributed by atoms with E-state index >= 15 is 0 Å². The van der Waals surface area contributed by atoms with Crippen LogP contribution in [0, 0.1) is 0 Å². The Kier molecular flexibility index (Phi) is 17.3. The highest BCUT2D eigenvalue weighted by atomic mass is 31.2. The number of rotatable bonds is 21. The van der Waals surface area contributed by atoms with Crippen molar-refractivity contribution in [1.82, 2.24) is 0 Å². The van der Waals surface area contributed by atoms with E-state index in [1.807, 2.05) is 0 Å². The lowest BCUT2D eigenvalue weighted by Crippen LogP contribution is -2.47. The smallest absolute Gasteiger partial charge is 0.328 e. The summed E-state index contributed by atoms with van der Waals surface area (Å²) in [6.07, 6.45) is 24.7. The molecule has 1 atom stereocenters. The fraction of sp³-hybridized carbons (Fsp3) is 1.00. The Hall–Kier alpha value is 0.0700. The van der Waals surface area contributed by atoms with Crippen LogP contribution in [0.1, 0.15) is 135 Å². The molecular formula is C27H57NO4P+. The lowest BCUT2D eigenvalue weighted by atomic mass is 9.91. The second-order valence-corrected chi connectivity index (χ2v) is 12.7. The molecule has 0 radical (unpaired) electrons. The SMILES string of the molecule is CCCCCCCCCCCCCCCCCCOP(=O)(O)OC1CCC([N+](C)(C)C)CC1. The minimum Gasteiger partial charge on any atom is -0.328 e. The molecular weight excluding hydrogens is 433 g/mol. The summed E-state index contributed by atoms with van der Waals surface area (Å²) in [5.74, 6) is 0. The van der Waals surface area contributed by atoms with E-state index in [1.54, 1.807) is 0 Å². The molecule has 0 saturated heterocycles. The van der Waals surface area contributed by atoms with Gasteiger partial charge in [0.05, 0.1) is 39.9 Å². The second kappa shape index (κ2) is 18.4. The van der Waals surface area contributed by atoms with Gasteiger partial charge >= 0.3 is 7.82 Å². The van der Waals surface area contributed by atoms with Crippen LogP contribution < -0.4 is 0 Å². The first kappa shape index (κ1) is 31.1. The van der Waals surface area contributed by atoms with Gasteiger partial charge in [-0.3, -0.25) is 9.05 Å². The fourth-order valence-corrected chi connectivity index (χ4v) is 5.98. The maximum Gasteiger partial charge on any atom is 0.472 e. The van der Waals surface area contributed by atoms with Gasteiger partial charge in [0.2, 0.25) is 0 Å². The van der Waals surface area contributed by atoms with Crippen molar-refractivity contribution in [2.75, 3.05) is 27.7 Å². The summed E-state index contributed by atoms with van der Waals surface area (Å²) in [5, 5.41) is 0. The van der Waals surface area contributed by atoms with Crippen LogP contribution in [0.15, 0.2) is 0 Å². The van der Waals surface area contributed by atoms with Gasteiger partial charge in [0.15, 0.2) is 0 Å². The number of unbranched alkanes of at least 4 members (excludes halogenated alkanes) is 15. The molecule has 0 aromatic rings. The van der Waals surface area contributed by atoms with Gasteiger partial charge in [-0.25, -0.2) is 4.57 Å². The van der Waals surface area contributed by atoms with Gasteiger partial charge in [0, 0.05) is 12.8 Å². The van der Waals surface area contributed by atoms with Crippen LogP contribution >= 0.6 is 7.82 Å². The van der Waals surface area contributed by atoms with Gasteiger partial charge in [-0.15, -0.1) is 0 Å². The van der Waals surface area contributed by atoms with E-state index in [0.717, 1.165) is 43.0 Å². The van der Waals surface area contributed by atoms with Gasteiger partial charge < -0.3 is 9.38 Å². The molecule has 1 aliphatic carbocycles. The molecule has 1 unspecified atom stereocenters. The maximum atomic E-state index is 12.2. The molecule has 0 aromatic carbocycles. The molecule has 6 heteroatoms. The van der Waals surface area contributed by atoms with Crippen molar-refractivity contribution in [1.29, 1.82) is 0 Å². The monoisotopic (exact) mass is 490 g/mol. The Morgan fingerprint density at radius 1 is 0.697 bits per heavy atom. The van der Waals surface area contributed by atoms with Crippen LogP contribution in [0.2, 0.25) is 0 Å². The number of phosphoric acid groups is 1. The van der Waals surface area contributed by atoms with Crippen LogP contribution in [0.4, 0.5) is 0 Å². The number of nitrogens with zero attached hydrogens (tertiary/aromatic N) is 1. The summed E-state index contributed by atoms with van der Waals surface area (Å²) in [5.41, 5.74) is 0. The van der Waals surface area contributed by atoms with E-state index in [9.17, 15) is 9.46 Å². The summed E-state index contributed by atoms with van der Waals surface area (Å²) < 4.78 is 23.9. The van der Waals surface area contributed by atoms with Gasteiger partial charge in [-0.05, 0) is 19.3 Å². The quantitative estimate of drug-likeness (QED) is 0.0997. The standard InChI is InChI=1S/C27H56NO4P/c1-5-6-7-8-9-10-11-12-13-14-15-16-17-18-19-20-25-31-33(29,30)32-27-23-21-26(22-24-27)28(2,3)4/h26-27H,5-25H2,1-4H3/p+1. The Bertz CT molecular complexity index is 501. The Labute approximate surface area is 206 Å². The van der Waals surface area contributed by atoms with E-state index in [4.69, 9.17) is 9.05 Å². The predicted molar refractivity (Wildman–Crippen MR) is 140 cm³/mol. The summed E-state index contributed by atoms with van der Waals surface area (Å²) in [4.78, 5) is 10.0. The summed E-state index contributed by atoms with van der Waals surface area (Å²) in [6, 6.07) is 0.606.